The molecule has 0 heterocycles. The second-order valence-corrected chi connectivity index (χ2v) is 3.67. The summed E-state index contributed by atoms with van der Waals surface area (Å²) in [6, 6.07) is 7.30. The maximum atomic E-state index is 13.4. The number of aryl methyl sites for hydroxylation is 1. The third-order valence-electron chi connectivity index (χ3n) is 2.21. The summed E-state index contributed by atoms with van der Waals surface area (Å²) in [4.78, 5) is 0. The van der Waals surface area contributed by atoms with E-state index in [1.54, 1.807) is 0 Å². The van der Waals surface area contributed by atoms with Gasteiger partial charge in [-0.1, -0.05) is 26.0 Å². The van der Waals surface area contributed by atoms with Crippen LogP contribution in [-0.4, -0.2) is 0 Å². The average molecular weight is 191 g/mol. The molecule has 0 bridgehead atoms. The Bertz CT molecular complexity index is 350. The van der Waals surface area contributed by atoms with Crippen LogP contribution in [0.4, 0.5) is 4.39 Å². The van der Waals surface area contributed by atoms with Crippen LogP contribution >= 0.6 is 0 Å². The lowest BCUT2D eigenvalue weighted by Gasteiger charge is -2.07. The van der Waals surface area contributed by atoms with Gasteiger partial charge < -0.3 is 0 Å². The molecule has 74 valence electrons. The Morgan fingerprint density at radius 2 is 2.14 bits per heavy atom. The van der Waals surface area contributed by atoms with Crippen molar-refractivity contribution in [2.24, 2.45) is 0 Å². The summed E-state index contributed by atoms with van der Waals surface area (Å²) in [6.45, 7) is 3.93. The topological polar surface area (TPSA) is 23.8 Å². The van der Waals surface area contributed by atoms with Crippen molar-refractivity contribution in [3.63, 3.8) is 0 Å². The lowest BCUT2D eigenvalue weighted by Crippen LogP contribution is -1.95. The smallest absolute Gasteiger partial charge is 0.126 e. The second-order valence-electron chi connectivity index (χ2n) is 3.67. The van der Waals surface area contributed by atoms with Crippen molar-refractivity contribution in [3.05, 3.63) is 35.1 Å². The monoisotopic (exact) mass is 191 g/mol. The predicted octanol–water partition coefficient (Wildman–Crippen LogP) is 3.41. The maximum absolute atomic E-state index is 13.4. The van der Waals surface area contributed by atoms with E-state index in [4.69, 9.17) is 5.26 Å². The molecule has 1 aromatic carbocycles. The van der Waals surface area contributed by atoms with E-state index in [9.17, 15) is 4.39 Å². The molecule has 0 saturated heterocycles. The number of benzene rings is 1. The zero-order valence-electron chi connectivity index (χ0n) is 8.55. The minimum atomic E-state index is -0.157. The zero-order chi connectivity index (χ0) is 10.6. The molecule has 0 fully saturated rings. The molecule has 0 N–H and O–H groups in total. The van der Waals surface area contributed by atoms with Gasteiger partial charge in [0.15, 0.2) is 0 Å². The Kier molecular flexibility index (Phi) is 3.64. The first-order valence-corrected chi connectivity index (χ1v) is 4.80. The van der Waals surface area contributed by atoms with Crippen molar-refractivity contribution < 1.29 is 4.39 Å². The molecule has 0 saturated carbocycles. The molecule has 0 aromatic heterocycles. The van der Waals surface area contributed by atoms with E-state index in [1.807, 2.05) is 26.0 Å². The molecule has 0 unspecified atom stereocenters. The number of nitrogens with zero attached hydrogens (tertiary/aromatic N) is 1. The van der Waals surface area contributed by atoms with Gasteiger partial charge in [0.25, 0.3) is 0 Å². The van der Waals surface area contributed by atoms with Crippen LogP contribution < -0.4 is 0 Å². The van der Waals surface area contributed by atoms with Crippen molar-refractivity contribution in [2.45, 2.75) is 32.6 Å². The number of halogens is 1. The molecule has 0 aliphatic heterocycles. The number of hydrogen-bond acceptors (Lipinski definition) is 1. The first-order valence-electron chi connectivity index (χ1n) is 4.80. The lowest BCUT2D eigenvalue weighted by molar-refractivity contribution is 0.596. The van der Waals surface area contributed by atoms with Crippen LogP contribution in [0, 0.1) is 17.1 Å². The Morgan fingerprint density at radius 3 is 2.64 bits per heavy atom. The summed E-state index contributed by atoms with van der Waals surface area (Å²) in [5.74, 6) is 0.0513. The van der Waals surface area contributed by atoms with E-state index >= 15 is 0 Å². The Balaban J connectivity index is 2.85. The fraction of sp³-hybridized carbons (Fsp3) is 0.417. The molecule has 0 aliphatic rings. The molecule has 0 radical (unpaired) electrons. The molecule has 1 nitrogen and oxygen atoms in total. The second kappa shape index (κ2) is 4.76. The molecule has 0 aliphatic carbocycles. The van der Waals surface area contributed by atoms with Crippen molar-refractivity contribution in [2.75, 3.05) is 0 Å². The van der Waals surface area contributed by atoms with Crippen LogP contribution in [0.3, 0.4) is 0 Å². The minimum Gasteiger partial charge on any atom is -0.207 e. The van der Waals surface area contributed by atoms with Gasteiger partial charge in [0.2, 0.25) is 0 Å². The molecule has 1 aromatic rings. The Morgan fingerprint density at radius 1 is 1.43 bits per heavy atom. The molecule has 0 spiro atoms. The molecular weight excluding hydrogens is 177 g/mol. The van der Waals surface area contributed by atoms with Crippen molar-refractivity contribution >= 4 is 0 Å². The van der Waals surface area contributed by atoms with E-state index in [1.165, 1.54) is 6.07 Å². The van der Waals surface area contributed by atoms with Crippen LogP contribution in [0.1, 0.15) is 37.3 Å². The summed E-state index contributed by atoms with van der Waals surface area (Å²) in [6.07, 6.45) is 1.08. The van der Waals surface area contributed by atoms with Crippen LogP contribution in [-0.2, 0) is 6.42 Å². The van der Waals surface area contributed by atoms with Gasteiger partial charge in [0.1, 0.15) is 5.82 Å². The average Bonchev–Trinajstić information content (AvgIpc) is 2.14. The quantitative estimate of drug-likeness (QED) is 0.718. The number of hydrogen-bond donors (Lipinski definition) is 0. The first kappa shape index (κ1) is 10.7. The maximum Gasteiger partial charge on any atom is 0.126 e. The Hall–Kier alpha value is -1.36. The van der Waals surface area contributed by atoms with E-state index in [0.717, 1.165) is 11.1 Å². The van der Waals surface area contributed by atoms with Gasteiger partial charge in [-0.3, -0.25) is 0 Å². The van der Waals surface area contributed by atoms with Gasteiger partial charge >= 0.3 is 0 Å². The summed E-state index contributed by atoms with van der Waals surface area (Å²) in [5, 5.41) is 8.40. The SMILES string of the molecule is CC(C)c1ccc(CCC#N)cc1F. The van der Waals surface area contributed by atoms with E-state index < -0.39 is 0 Å². The molecule has 0 amide bonds. The summed E-state index contributed by atoms with van der Waals surface area (Å²) >= 11 is 0. The van der Waals surface area contributed by atoms with Crippen LogP contribution in [0.5, 0.6) is 0 Å². The molecule has 14 heavy (non-hydrogen) atoms. The lowest BCUT2D eigenvalue weighted by atomic mass is 9.99. The summed E-state index contributed by atoms with van der Waals surface area (Å²) in [7, 11) is 0. The van der Waals surface area contributed by atoms with Gasteiger partial charge in [0.05, 0.1) is 6.07 Å². The van der Waals surface area contributed by atoms with Crippen LogP contribution in [0.2, 0.25) is 0 Å². The van der Waals surface area contributed by atoms with Crippen LogP contribution in [0.25, 0.3) is 0 Å². The normalized spacial score (nSPS) is 10.2. The fourth-order valence-electron chi connectivity index (χ4n) is 1.39. The molecule has 1 rings (SSSR count). The highest BCUT2D eigenvalue weighted by Crippen LogP contribution is 2.19. The highest BCUT2D eigenvalue weighted by Gasteiger charge is 2.06. The van der Waals surface area contributed by atoms with Crippen molar-refractivity contribution in [1.29, 1.82) is 5.26 Å². The molecule has 0 atom stereocenters. The van der Waals surface area contributed by atoms with Crippen molar-refractivity contribution in [3.8, 4) is 6.07 Å². The van der Waals surface area contributed by atoms with Gasteiger partial charge in [-0.2, -0.15) is 5.26 Å². The highest BCUT2D eigenvalue weighted by atomic mass is 19.1. The number of rotatable bonds is 3. The molecule has 2 heteroatoms. The summed E-state index contributed by atoms with van der Waals surface area (Å²) < 4.78 is 13.4. The van der Waals surface area contributed by atoms with Gasteiger partial charge in [-0.05, 0) is 29.5 Å². The van der Waals surface area contributed by atoms with E-state index in [2.05, 4.69) is 6.07 Å². The van der Waals surface area contributed by atoms with Crippen molar-refractivity contribution in [1.82, 2.24) is 0 Å². The standard InChI is InChI=1S/C12H14FN/c1-9(2)11-6-5-10(4-3-7-14)8-12(11)13/h5-6,8-9H,3-4H2,1-2H3. The van der Waals surface area contributed by atoms with E-state index in [-0.39, 0.29) is 11.7 Å². The zero-order valence-corrected chi connectivity index (χ0v) is 8.55. The van der Waals surface area contributed by atoms with Gasteiger partial charge in [-0.25, -0.2) is 4.39 Å². The Labute approximate surface area is 84.2 Å². The van der Waals surface area contributed by atoms with Gasteiger partial charge in [0, 0.05) is 6.42 Å². The largest absolute Gasteiger partial charge is 0.207 e. The third-order valence-corrected chi connectivity index (χ3v) is 2.21. The first-order chi connectivity index (χ1) is 6.65. The number of nitriles is 1. The fourth-order valence-corrected chi connectivity index (χ4v) is 1.39. The summed E-state index contributed by atoms with van der Waals surface area (Å²) in [5.41, 5.74) is 1.64. The minimum absolute atomic E-state index is 0.157. The third kappa shape index (κ3) is 2.56. The van der Waals surface area contributed by atoms with Crippen LogP contribution in [0.15, 0.2) is 18.2 Å². The predicted molar refractivity (Wildman–Crippen MR) is 54.4 cm³/mol. The highest BCUT2D eigenvalue weighted by molar-refractivity contribution is 5.26. The molecular formula is C12H14FN. The van der Waals surface area contributed by atoms with Gasteiger partial charge in [-0.15, -0.1) is 0 Å². The van der Waals surface area contributed by atoms with E-state index in [0.29, 0.717) is 12.8 Å².